The van der Waals surface area contributed by atoms with Crippen LogP contribution in [0.1, 0.15) is 32.1 Å². The number of hydrogen-bond donors (Lipinski definition) is 1. The van der Waals surface area contributed by atoms with Crippen LogP contribution in [0.3, 0.4) is 0 Å². The predicted octanol–water partition coefficient (Wildman–Crippen LogP) is 2.84. The first-order valence-electron chi connectivity index (χ1n) is 5.23. The van der Waals surface area contributed by atoms with Crippen LogP contribution in [0, 0.1) is 11.3 Å². The summed E-state index contributed by atoms with van der Waals surface area (Å²) in [7, 11) is 0. The van der Waals surface area contributed by atoms with E-state index in [1.54, 1.807) is 0 Å². The lowest BCUT2D eigenvalue weighted by Crippen LogP contribution is -2.36. The molecule has 0 aromatic rings. The molecule has 1 spiro atoms. The van der Waals surface area contributed by atoms with Crippen molar-refractivity contribution in [2.24, 2.45) is 11.3 Å². The van der Waals surface area contributed by atoms with Crippen LogP contribution in [0.15, 0.2) is 0 Å². The molecular formula is C10H18ClF2N. The average Bonchev–Trinajstić information content (AvgIpc) is 2.50. The van der Waals surface area contributed by atoms with Gasteiger partial charge < -0.3 is 5.32 Å². The van der Waals surface area contributed by atoms with Crippen molar-refractivity contribution in [1.29, 1.82) is 0 Å². The first kappa shape index (κ1) is 12.2. The van der Waals surface area contributed by atoms with Crippen LogP contribution in [0.25, 0.3) is 0 Å². The molecule has 1 atom stereocenters. The Labute approximate surface area is 90.0 Å². The Morgan fingerprint density at radius 3 is 2.36 bits per heavy atom. The van der Waals surface area contributed by atoms with Gasteiger partial charge in [-0.25, -0.2) is 8.78 Å². The molecule has 14 heavy (non-hydrogen) atoms. The number of halogens is 3. The zero-order valence-corrected chi connectivity index (χ0v) is 9.09. The fourth-order valence-electron chi connectivity index (χ4n) is 2.98. The average molecular weight is 226 g/mol. The lowest BCUT2D eigenvalue weighted by atomic mass is 9.68. The quantitative estimate of drug-likeness (QED) is 0.724. The van der Waals surface area contributed by atoms with Crippen molar-refractivity contribution in [3.8, 4) is 0 Å². The second kappa shape index (κ2) is 4.75. The molecule has 2 rings (SSSR count). The molecule has 4 heteroatoms. The van der Waals surface area contributed by atoms with Gasteiger partial charge in [0.1, 0.15) is 0 Å². The minimum atomic E-state index is -2.13. The zero-order valence-electron chi connectivity index (χ0n) is 8.27. The van der Waals surface area contributed by atoms with Crippen molar-refractivity contribution in [3.63, 3.8) is 0 Å². The number of rotatable bonds is 1. The molecule has 2 fully saturated rings. The van der Waals surface area contributed by atoms with Crippen molar-refractivity contribution in [1.82, 2.24) is 5.32 Å². The molecule has 1 saturated heterocycles. The minimum absolute atomic E-state index is 0. The van der Waals surface area contributed by atoms with E-state index in [0.29, 0.717) is 6.54 Å². The summed E-state index contributed by atoms with van der Waals surface area (Å²) in [5.74, 6) is -0.382. The smallest absolute Gasteiger partial charge is 0.243 e. The number of hydrogen-bond acceptors (Lipinski definition) is 1. The standard InChI is InChI=1S/C10H17F2N.ClH/c11-9(12)8-6-13-7-10(8)4-2-1-3-5-10;/h8-9,13H,1-7H2;1H. The summed E-state index contributed by atoms with van der Waals surface area (Å²) < 4.78 is 25.5. The normalized spacial score (nSPS) is 30.6. The fourth-order valence-corrected chi connectivity index (χ4v) is 2.98. The Bertz CT molecular complexity index is 181. The zero-order chi connectivity index (χ0) is 9.31. The highest BCUT2D eigenvalue weighted by atomic mass is 35.5. The van der Waals surface area contributed by atoms with Gasteiger partial charge in [-0.05, 0) is 18.3 Å². The van der Waals surface area contributed by atoms with Crippen LogP contribution in [0.2, 0.25) is 0 Å². The Kier molecular flexibility index (Phi) is 4.14. The lowest BCUT2D eigenvalue weighted by molar-refractivity contribution is 0.00397. The third-order valence-electron chi connectivity index (χ3n) is 3.78. The molecule has 84 valence electrons. The molecule has 0 aromatic heterocycles. The van der Waals surface area contributed by atoms with Gasteiger partial charge in [0.2, 0.25) is 6.43 Å². The molecule has 1 aliphatic carbocycles. The van der Waals surface area contributed by atoms with Gasteiger partial charge in [0.05, 0.1) is 0 Å². The fraction of sp³-hybridized carbons (Fsp3) is 1.00. The second-order valence-corrected chi connectivity index (χ2v) is 4.49. The van der Waals surface area contributed by atoms with E-state index in [9.17, 15) is 8.78 Å². The maximum absolute atomic E-state index is 12.7. The monoisotopic (exact) mass is 225 g/mol. The SMILES string of the molecule is Cl.FC(F)C1CNCC12CCCCC2. The molecule has 0 aromatic carbocycles. The molecule has 1 unspecified atom stereocenters. The summed E-state index contributed by atoms with van der Waals surface area (Å²) in [5.41, 5.74) is -0.0492. The van der Waals surface area contributed by atoms with E-state index in [2.05, 4.69) is 5.32 Å². The topological polar surface area (TPSA) is 12.0 Å². The molecule has 0 amide bonds. The maximum atomic E-state index is 12.7. The summed E-state index contributed by atoms with van der Waals surface area (Å²) in [5, 5.41) is 3.13. The van der Waals surface area contributed by atoms with Gasteiger partial charge >= 0.3 is 0 Å². The lowest BCUT2D eigenvalue weighted by Gasteiger charge is -2.37. The van der Waals surface area contributed by atoms with Gasteiger partial charge in [-0.1, -0.05) is 19.3 Å². The van der Waals surface area contributed by atoms with E-state index >= 15 is 0 Å². The van der Waals surface area contributed by atoms with Crippen LogP contribution in [0.5, 0.6) is 0 Å². The molecule has 1 aliphatic heterocycles. The predicted molar refractivity (Wildman–Crippen MR) is 55.1 cm³/mol. The van der Waals surface area contributed by atoms with E-state index < -0.39 is 6.43 Å². The van der Waals surface area contributed by atoms with Gasteiger partial charge in [0, 0.05) is 19.0 Å². The van der Waals surface area contributed by atoms with Crippen LogP contribution < -0.4 is 5.32 Å². The van der Waals surface area contributed by atoms with E-state index in [4.69, 9.17) is 0 Å². The summed E-state index contributed by atoms with van der Waals surface area (Å²) in [6.07, 6.45) is 3.41. The largest absolute Gasteiger partial charge is 0.316 e. The van der Waals surface area contributed by atoms with Gasteiger partial charge in [0.15, 0.2) is 0 Å². The number of alkyl halides is 2. The van der Waals surface area contributed by atoms with Crippen molar-refractivity contribution < 1.29 is 8.78 Å². The first-order valence-corrected chi connectivity index (χ1v) is 5.23. The van der Waals surface area contributed by atoms with E-state index in [0.717, 1.165) is 32.2 Å². The van der Waals surface area contributed by atoms with E-state index in [1.807, 2.05) is 0 Å². The molecule has 1 heterocycles. The third kappa shape index (κ3) is 2.03. The summed E-state index contributed by atoms with van der Waals surface area (Å²) in [4.78, 5) is 0. The van der Waals surface area contributed by atoms with Crippen LogP contribution >= 0.6 is 12.4 Å². The molecule has 1 nitrogen and oxygen atoms in total. The van der Waals surface area contributed by atoms with Crippen molar-refractivity contribution in [3.05, 3.63) is 0 Å². The summed E-state index contributed by atoms with van der Waals surface area (Å²) >= 11 is 0. The third-order valence-corrected chi connectivity index (χ3v) is 3.78. The Balaban J connectivity index is 0.000000980. The molecule has 0 radical (unpaired) electrons. The second-order valence-electron chi connectivity index (χ2n) is 4.49. The van der Waals surface area contributed by atoms with Gasteiger partial charge in [-0.2, -0.15) is 0 Å². The Hall–Kier alpha value is 0.110. The highest BCUT2D eigenvalue weighted by Crippen LogP contribution is 2.46. The van der Waals surface area contributed by atoms with Crippen molar-refractivity contribution >= 4 is 12.4 Å². The highest BCUT2D eigenvalue weighted by molar-refractivity contribution is 5.85. The molecule has 0 bridgehead atoms. The van der Waals surface area contributed by atoms with E-state index in [-0.39, 0.29) is 23.7 Å². The molecule has 1 saturated carbocycles. The highest BCUT2D eigenvalue weighted by Gasteiger charge is 2.47. The minimum Gasteiger partial charge on any atom is -0.316 e. The van der Waals surface area contributed by atoms with E-state index in [1.165, 1.54) is 6.42 Å². The first-order chi connectivity index (χ1) is 6.25. The summed E-state index contributed by atoms with van der Waals surface area (Å²) in [6, 6.07) is 0. The molecule has 2 aliphatic rings. The van der Waals surface area contributed by atoms with Crippen LogP contribution in [-0.4, -0.2) is 19.5 Å². The summed E-state index contributed by atoms with van der Waals surface area (Å²) in [6.45, 7) is 1.35. The number of nitrogens with one attached hydrogen (secondary N) is 1. The maximum Gasteiger partial charge on any atom is 0.243 e. The van der Waals surface area contributed by atoms with Crippen molar-refractivity contribution in [2.45, 2.75) is 38.5 Å². The molecular weight excluding hydrogens is 208 g/mol. The van der Waals surface area contributed by atoms with Gasteiger partial charge in [-0.15, -0.1) is 12.4 Å². The Morgan fingerprint density at radius 1 is 1.14 bits per heavy atom. The van der Waals surface area contributed by atoms with Crippen LogP contribution in [0.4, 0.5) is 8.78 Å². The Morgan fingerprint density at radius 2 is 1.79 bits per heavy atom. The van der Waals surface area contributed by atoms with Gasteiger partial charge in [-0.3, -0.25) is 0 Å². The van der Waals surface area contributed by atoms with Crippen LogP contribution in [-0.2, 0) is 0 Å². The van der Waals surface area contributed by atoms with Gasteiger partial charge in [0.25, 0.3) is 0 Å². The molecule has 1 N–H and O–H groups in total. The van der Waals surface area contributed by atoms with Crippen molar-refractivity contribution in [2.75, 3.05) is 13.1 Å².